The van der Waals surface area contributed by atoms with Crippen molar-refractivity contribution in [2.75, 3.05) is 62.8 Å². The fourth-order valence-corrected chi connectivity index (χ4v) is 5.95. The molecule has 2 heterocycles. The van der Waals surface area contributed by atoms with E-state index in [0.717, 1.165) is 44.0 Å². The van der Waals surface area contributed by atoms with Crippen molar-refractivity contribution < 1.29 is 22.8 Å². The van der Waals surface area contributed by atoms with Crippen molar-refractivity contribution in [3.05, 3.63) is 24.3 Å². The van der Waals surface area contributed by atoms with E-state index in [1.54, 1.807) is 7.11 Å². The lowest BCUT2D eigenvalue weighted by Crippen LogP contribution is -3.16. The third-order valence-electron chi connectivity index (χ3n) is 5.73. The Morgan fingerprint density at radius 1 is 1.29 bits per heavy atom. The Labute approximate surface area is 168 Å². The number of sulfone groups is 1. The summed E-state index contributed by atoms with van der Waals surface area (Å²) in [6, 6.07) is 7.87. The van der Waals surface area contributed by atoms with E-state index in [-0.39, 0.29) is 23.5 Å². The lowest BCUT2D eigenvalue weighted by molar-refractivity contribution is -0.892. The Bertz CT molecular complexity index is 775. The SMILES string of the molecule is CCCN(C(=O)C[NH+]1CCN(c2ccccc2OC)CC1)[C@@H]1CCS(=O)(=O)C1. The number of amides is 1. The van der Waals surface area contributed by atoms with Gasteiger partial charge in [0.1, 0.15) is 5.75 Å². The van der Waals surface area contributed by atoms with Crippen LogP contribution in [0.2, 0.25) is 0 Å². The predicted molar refractivity (Wildman–Crippen MR) is 110 cm³/mol. The normalized spacial score (nSPS) is 22.2. The van der Waals surface area contributed by atoms with Crippen LogP contribution in [0.3, 0.4) is 0 Å². The summed E-state index contributed by atoms with van der Waals surface area (Å²) in [5.74, 6) is 1.29. The van der Waals surface area contributed by atoms with Gasteiger partial charge in [0.2, 0.25) is 0 Å². The van der Waals surface area contributed by atoms with Crippen molar-refractivity contribution in [3.63, 3.8) is 0 Å². The maximum absolute atomic E-state index is 12.9. The van der Waals surface area contributed by atoms with Crippen LogP contribution in [0.15, 0.2) is 24.3 Å². The molecule has 1 atom stereocenters. The van der Waals surface area contributed by atoms with Crippen LogP contribution in [0.4, 0.5) is 5.69 Å². The van der Waals surface area contributed by atoms with Gasteiger partial charge in [-0.2, -0.15) is 0 Å². The smallest absolute Gasteiger partial charge is 0.278 e. The molecular formula is C20H32N3O4S+. The number of piperazine rings is 1. The van der Waals surface area contributed by atoms with Crippen LogP contribution in [0.5, 0.6) is 5.75 Å². The molecule has 1 N–H and O–H groups in total. The third kappa shape index (κ3) is 4.97. The number of carbonyl (C=O) groups excluding carboxylic acids is 1. The van der Waals surface area contributed by atoms with Crippen LogP contribution in [0.1, 0.15) is 19.8 Å². The standard InChI is InChI=1S/C20H31N3O4S/c1-3-9-23(17-8-14-28(25,26)16-17)20(24)15-21-10-12-22(13-11-21)18-6-4-5-7-19(18)27-2/h4-7,17H,3,8-16H2,1-2H3/p+1/t17-/m1/s1. The van der Waals surface area contributed by atoms with Crippen LogP contribution in [-0.4, -0.2) is 83.2 Å². The molecule has 3 rings (SSSR count). The largest absolute Gasteiger partial charge is 0.495 e. The summed E-state index contributed by atoms with van der Waals surface area (Å²) in [5, 5.41) is 0. The van der Waals surface area contributed by atoms with E-state index in [0.29, 0.717) is 19.5 Å². The topological polar surface area (TPSA) is 71.4 Å². The van der Waals surface area contributed by atoms with Crippen molar-refractivity contribution in [2.24, 2.45) is 0 Å². The number of carbonyl (C=O) groups is 1. The second kappa shape index (κ2) is 9.13. The van der Waals surface area contributed by atoms with Crippen LogP contribution >= 0.6 is 0 Å². The molecule has 0 bridgehead atoms. The first kappa shape index (κ1) is 20.9. The minimum atomic E-state index is -2.99. The molecule has 0 radical (unpaired) electrons. The summed E-state index contributed by atoms with van der Waals surface area (Å²) < 4.78 is 29.1. The average Bonchev–Trinajstić information content (AvgIpc) is 3.06. The maximum Gasteiger partial charge on any atom is 0.278 e. The molecule has 156 valence electrons. The number of nitrogens with one attached hydrogen (secondary N) is 1. The number of quaternary nitrogens is 1. The van der Waals surface area contributed by atoms with Crippen molar-refractivity contribution in [2.45, 2.75) is 25.8 Å². The summed E-state index contributed by atoms with van der Waals surface area (Å²) in [7, 11) is -1.30. The molecule has 0 aliphatic carbocycles. The van der Waals surface area contributed by atoms with E-state index in [9.17, 15) is 13.2 Å². The lowest BCUT2D eigenvalue weighted by atomic mass is 10.2. The zero-order valence-electron chi connectivity index (χ0n) is 16.9. The summed E-state index contributed by atoms with van der Waals surface area (Å²) in [5.41, 5.74) is 1.10. The number of benzene rings is 1. The van der Waals surface area contributed by atoms with E-state index < -0.39 is 9.84 Å². The van der Waals surface area contributed by atoms with Crippen LogP contribution in [0, 0.1) is 0 Å². The predicted octanol–water partition coefficient (Wildman–Crippen LogP) is -0.174. The van der Waals surface area contributed by atoms with Gasteiger partial charge in [0.15, 0.2) is 16.4 Å². The highest BCUT2D eigenvalue weighted by atomic mass is 32.2. The maximum atomic E-state index is 12.9. The van der Waals surface area contributed by atoms with E-state index in [1.807, 2.05) is 30.0 Å². The summed E-state index contributed by atoms with van der Waals surface area (Å²) in [6.45, 7) is 6.61. The van der Waals surface area contributed by atoms with E-state index in [1.165, 1.54) is 4.90 Å². The molecule has 1 aromatic carbocycles. The number of nitrogens with zero attached hydrogens (tertiary/aromatic N) is 2. The highest BCUT2D eigenvalue weighted by molar-refractivity contribution is 7.91. The Balaban J connectivity index is 1.56. The van der Waals surface area contributed by atoms with Gasteiger partial charge >= 0.3 is 0 Å². The number of hydrogen-bond donors (Lipinski definition) is 1. The number of hydrogen-bond acceptors (Lipinski definition) is 5. The Morgan fingerprint density at radius 3 is 2.61 bits per heavy atom. The lowest BCUT2D eigenvalue weighted by Gasteiger charge is -2.35. The molecule has 1 amide bonds. The van der Waals surface area contributed by atoms with Gasteiger partial charge in [-0.15, -0.1) is 0 Å². The molecule has 2 aliphatic rings. The fraction of sp³-hybridized carbons (Fsp3) is 0.650. The second-order valence-electron chi connectivity index (χ2n) is 7.73. The van der Waals surface area contributed by atoms with E-state index in [2.05, 4.69) is 11.0 Å². The van der Waals surface area contributed by atoms with Gasteiger partial charge in [-0.1, -0.05) is 19.1 Å². The quantitative estimate of drug-likeness (QED) is 0.676. The average molecular weight is 411 g/mol. The molecule has 2 fully saturated rings. The molecule has 2 saturated heterocycles. The highest BCUT2D eigenvalue weighted by Crippen LogP contribution is 2.27. The number of anilines is 1. The molecule has 0 spiro atoms. The van der Waals surface area contributed by atoms with Crippen LogP contribution in [-0.2, 0) is 14.6 Å². The van der Waals surface area contributed by atoms with Crippen LogP contribution < -0.4 is 14.5 Å². The first-order valence-corrected chi connectivity index (χ1v) is 12.0. The number of rotatable bonds is 7. The Morgan fingerprint density at radius 2 is 2.00 bits per heavy atom. The van der Waals surface area contributed by atoms with Gasteiger partial charge in [-0.3, -0.25) is 4.79 Å². The van der Waals surface area contributed by atoms with Gasteiger partial charge in [0, 0.05) is 12.6 Å². The van der Waals surface area contributed by atoms with Crippen molar-refractivity contribution in [1.82, 2.24) is 4.90 Å². The van der Waals surface area contributed by atoms with Gasteiger partial charge in [0.25, 0.3) is 5.91 Å². The van der Waals surface area contributed by atoms with E-state index in [4.69, 9.17) is 4.74 Å². The zero-order valence-corrected chi connectivity index (χ0v) is 17.7. The molecule has 28 heavy (non-hydrogen) atoms. The Kier molecular flexibility index (Phi) is 6.82. The molecule has 7 nitrogen and oxygen atoms in total. The molecular weight excluding hydrogens is 378 g/mol. The van der Waals surface area contributed by atoms with Gasteiger partial charge < -0.3 is 19.4 Å². The molecule has 0 aromatic heterocycles. The van der Waals surface area contributed by atoms with Crippen molar-refractivity contribution >= 4 is 21.4 Å². The summed E-state index contributed by atoms with van der Waals surface area (Å²) in [4.78, 5) is 18.3. The molecule has 1 aromatic rings. The van der Waals surface area contributed by atoms with Gasteiger partial charge in [-0.05, 0) is 25.0 Å². The first-order chi connectivity index (χ1) is 13.4. The minimum absolute atomic E-state index is 0.0877. The molecule has 0 saturated carbocycles. The molecule has 2 aliphatic heterocycles. The summed E-state index contributed by atoms with van der Waals surface area (Å²) >= 11 is 0. The van der Waals surface area contributed by atoms with Gasteiger partial charge in [0.05, 0.1) is 50.5 Å². The van der Waals surface area contributed by atoms with E-state index >= 15 is 0 Å². The van der Waals surface area contributed by atoms with Crippen molar-refractivity contribution in [1.29, 1.82) is 0 Å². The fourth-order valence-electron chi connectivity index (χ4n) is 4.22. The van der Waals surface area contributed by atoms with Gasteiger partial charge in [-0.25, -0.2) is 8.42 Å². The van der Waals surface area contributed by atoms with Crippen molar-refractivity contribution in [3.8, 4) is 5.75 Å². The number of methoxy groups -OCH3 is 1. The third-order valence-corrected chi connectivity index (χ3v) is 7.48. The molecule has 0 unspecified atom stereocenters. The number of ether oxygens (including phenoxy) is 1. The van der Waals surface area contributed by atoms with Crippen LogP contribution in [0.25, 0.3) is 0 Å². The first-order valence-electron chi connectivity index (χ1n) is 10.1. The zero-order chi connectivity index (χ0) is 20.1. The number of para-hydroxylation sites is 2. The highest BCUT2D eigenvalue weighted by Gasteiger charge is 2.35. The Hall–Kier alpha value is -1.80. The second-order valence-corrected chi connectivity index (χ2v) is 9.96. The summed E-state index contributed by atoms with van der Waals surface area (Å²) in [6.07, 6.45) is 1.42. The monoisotopic (exact) mass is 410 g/mol. The molecule has 8 heteroatoms. The minimum Gasteiger partial charge on any atom is -0.495 e.